The molecule has 2 heteroatoms. The van der Waals surface area contributed by atoms with Crippen molar-refractivity contribution in [2.45, 2.75) is 39.5 Å². The third-order valence-corrected chi connectivity index (χ3v) is 3.10. The lowest BCUT2D eigenvalue weighted by Gasteiger charge is -2.34. The summed E-state index contributed by atoms with van der Waals surface area (Å²) in [4.78, 5) is 0. The Hall–Kier alpha value is -0.860. The van der Waals surface area contributed by atoms with Crippen LogP contribution >= 0.6 is 0 Å². The first-order valence-electron chi connectivity index (χ1n) is 5.56. The molecule has 0 aliphatic carbocycles. The van der Waals surface area contributed by atoms with Crippen molar-refractivity contribution in [3.05, 3.63) is 34.9 Å². The van der Waals surface area contributed by atoms with E-state index in [-0.39, 0.29) is 12.1 Å². The third-order valence-electron chi connectivity index (χ3n) is 3.10. The standard InChI is InChI=1S/C13H19NO/c1-8(2)13-12(14)11-6-9(3)4-5-10(11)7-15-13/h4-6,8,12-13H,7,14H2,1-3H3/t12-,13?/m0/s1. The number of aryl methyl sites for hydroxylation is 1. The molecule has 1 aromatic carbocycles. The Labute approximate surface area is 91.4 Å². The largest absolute Gasteiger partial charge is 0.371 e. The van der Waals surface area contributed by atoms with Gasteiger partial charge in [0, 0.05) is 0 Å². The van der Waals surface area contributed by atoms with Gasteiger partial charge in [-0.2, -0.15) is 0 Å². The Bertz CT molecular complexity index is 360. The van der Waals surface area contributed by atoms with Crippen molar-refractivity contribution in [1.29, 1.82) is 0 Å². The Kier molecular flexibility index (Phi) is 2.81. The lowest BCUT2D eigenvalue weighted by molar-refractivity contribution is -0.0195. The zero-order chi connectivity index (χ0) is 11.0. The van der Waals surface area contributed by atoms with E-state index in [9.17, 15) is 0 Å². The lowest BCUT2D eigenvalue weighted by atomic mass is 9.88. The average molecular weight is 205 g/mol. The number of ether oxygens (including phenoxy) is 1. The van der Waals surface area contributed by atoms with Crippen LogP contribution in [0, 0.1) is 12.8 Å². The summed E-state index contributed by atoms with van der Waals surface area (Å²) < 4.78 is 5.79. The van der Waals surface area contributed by atoms with E-state index in [2.05, 4.69) is 39.0 Å². The van der Waals surface area contributed by atoms with Crippen LogP contribution in [0.25, 0.3) is 0 Å². The van der Waals surface area contributed by atoms with E-state index in [1.165, 1.54) is 16.7 Å². The van der Waals surface area contributed by atoms with Crippen molar-refractivity contribution in [3.8, 4) is 0 Å². The van der Waals surface area contributed by atoms with Crippen molar-refractivity contribution >= 4 is 0 Å². The molecule has 0 spiro atoms. The zero-order valence-corrected chi connectivity index (χ0v) is 9.66. The van der Waals surface area contributed by atoms with Crippen LogP contribution in [0.1, 0.15) is 36.6 Å². The summed E-state index contributed by atoms with van der Waals surface area (Å²) in [7, 11) is 0. The summed E-state index contributed by atoms with van der Waals surface area (Å²) in [5, 5.41) is 0. The first-order valence-corrected chi connectivity index (χ1v) is 5.56. The van der Waals surface area contributed by atoms with Gasteiger partial charge in [-0.05, 0) is 24.0 Å². The van der Waals surface area contributed by atoms with Crippen LogP contribution in [-0.2, 0) is 11.3 Å². The highest BCUT2D eigenvalue weighted by Gasteiger charge is 2.29. The third kappa shape index (κ3) is 1.92. The van der Waals surface area contributed by atoms with Gasteiger partial charge in [-0.15, -0.1) is 0 Å². The topological polar surface area (TPSA) is 35.2 Å². The molecule has 1 unspecified atom stereocenters. The number of rotatable bonds is 1. The number of hydrogen-bond donors (Lipinski definition) is 1. The van der Waals surface area contributed by atoms with Crippen molar-refractivity contribution in [3.63, 3.8) is 0 Å². The average Bonchev–Trinajstić information content (AvgIpc) is 2.19. The van der Waals surface area contributed by atoms with Crippen molar-refractivity contribution < 1.29 is 4.74 Å². The van der Waals surface area contributed by atoms with Gasteiger partial charge in [0.25, 0.3) is 0 Å². The molecule has 1 heterocycles. The number of benzene rings is 1. The smallest absolute Gasteiger partial charge is 0.0795 e. The molecule has 1 aliphatic rings. The minimum absolute atomic E-state index is 0.0219. The van der Waals surface area contributed by atoms with Crippen LogP contribution in [0.5, 0.6) is 0 Å². The van der Waals surface area contributed by atoms with Gasteiger partial charge in [0.2, 0.25) is 0 Å². The van der Waals surface area contributed by atoms with E-state index < -0.39 is 0 Å². The fraction of sp³-hybridized carbons (Fsp3) is 0.538. The molecule has 2 rings (SSSR count). The number of hydrogen-bond acceptors (Lipinski definition) is 2. The van der Waals surface area contributed by atoms with E-state index in [0.29, 0.717) is 12.5 Å². The lowest BCUT2D eigenvalue weighted by Crippen LogP contribution is -2.37. The second kappa shape index (κ2) is 3.95. The van der Waals surface area contributed by atoms with Crippen LogP contribution in [0.2, 0.25) is 0 Å². The van der Waals surface area contributed by atoms with Crippen LogP contribution in [-0.4, -0.2) is 6.10 Å². The molecule has 82 valence electrons. The SMILES string of the molecule is Cc1ccc2c(c1)[C@H](N)C(C(C)C)OC2. The molecular formula is C13H19NO. The van der Waals surface area contributed by atoms with Gasteiger partial charge in [0.15, 0.2) is 0 Å². The first-order chi connectivity index (χ1) is 7.09. The molecule has 1 aromatic rings. The van der Waals surface area contributed by atoms with Crippen LogP contribution in [0.15, 0.2) is 18.2 Å². The molecule has 15 heavy (non-hydrogen) atoms. The summed E-state index contributed by atoms with van der Waals surface area (Å²) in [6, 6.07) is 6.46. The molecular weight excluding hydrogens is 186 g/mol. The highest BCUT2D eigenvalue weighted by atomic mass is 16.5. The fourth-order valence-corrected chi connectivity index (χ4v) is 2.23. The van der Waals surface area contributed by atoms with E-state index in [1.807, 2.05) is 0 Å². The van der Waals surface area contributed by atoms with E-state index >= 15 is 0 Å². The molecule has 0 radical (unpaired) electrons. The van der Waals surface area contributed by atoms with Gasteiger partial charge >= 0.3 is 0 Å². The second-order valence-electron chi connectivity index (χ2n) is 4.75. The minimum Gasteiger partial charge on any atom is -0.371 e. The Morgan fingerprint density at radius 1 is 1.40 bits per heavy atom. The van der Waals surface area contributed by atoms with Crippen molar-refractivity contribution in [2.75, 3.05) is 0 Å². The Morgan fingerprint density at radius 3 is 2.80 bits per heavy atom. The summed E-state index contributed by atoms with van der Waals surface area (Å²) >= 11 is 0. The fourth-order valence-electron chi connectivity index (χ4n) is 2.23. The quantitative estimate of drug-likeness (QED) is 0.764. The highest BCUT2D eigenvalue weighted by Crippen LogP contribution is 2.31. The Morgan fingerprint density at radius 2 is 2.13 bits per heavy atom. The van der Waals surface area contributed by atoms with E-state index in [1.54, 1.807) is 0 Å². The van der Waals surface area contributed by atoms with E-state index in [0.717, 1.165) is 0 Å². The maximum Gasteiger partial charge on any atom is 0.0795 e. The van der Waals surface area contributed by atoms with Crippen LogP contribution in [0.4, 0.5) is 0 Å². The molecule has 0 amide bonds. The van der Waals surface area contributed by atoms with Crippen LogP contribution < -0.4 is 5.73 Å². The molecule has 1 aliphatic heterocycles. The predicted molar refractivity (Wildman–Crippen MR) is 61.5 cm³/mol. The summed E-state index contributed by atoms with van der Waals surface area (Å²) in [6.45, 7) is 7.12. The zero-order valence-electron chi connectivity index (χ0n) is 9.66. The minimum atomic E-state index is 0.0219. The van der Waals surface area contributed by atoms with Gasteiger partial charge < -0.3 is 10.5 Å². The highest BCUT2D eigenvalue weighted by molar-refractivity contribution is 5.35. The second-order valence-corrected chi connectivity index (χ2v) is 4.75. The summed E-state index contributed by atoms with van der Waals surface area (Å²) in [6.07, 6.45) is 0.152. The summed E-state index contributed by atoms with van der Waals surface area (Å²) in [5.74, 6) is 0.466. The van der Waals surface area contributed by atoms with E-state index in [4.69, 9.17) is 10.5 Å². The molecule has 2 N–H and O–H groups in total. The van der Waals surface area contributed by atoms with Gasteiger partial charge in [0.1, 0.15) is 0 Å². The van der Waals surface area contributed by atoms with Gasteiger partial charge in [-0.25, -0.2) is 0 Å². The van der Waals surface area contributed by atoms with Gasteiger partial charge in [0.05, 0.1) is 18.8 Å². The van der Waals surface area contributed by atoms with Crippen molar-refractivity contribution in [2.24, 2.45) is 11.7 Å². The molecule has 2 nitrogen and oxygen atoms in total. The Balaban J connectivity index is 2.36. The molecule has 0 aromatic heterocycles. The first kappa shape index (κ1) is 10.7. The normalized spacial score (nSPS) is 25.4. The molecule has 0 saturated carbocycles. The van der Waals surface area contributed by atoms with Gasteiger partial charge in [-0.1, -0.05) is 37.6 Å². The molecule has 0 fully saturated rings. The monoisotopic (exact) mass is 205 g/mol. The molecule has 0 saturated heterocycles. The predicted octanol–water partition coefficient (Wildman–Crippen LogP) is 2.55. The summed E-state index contributed by atoms with van der Waals surface area (Å²) in [5.41, 5.74) is 10.0. The van der Waals surface area contributed by atoms with Gasteiger partial charge in [-0.3, -0.25) is 0 Å². The number of fused-ring (bicyclic) bond motifs is 1. The maximum atomic E-state index is 6.24. The number of nitrogens with two attached hydrogens (primary N) is 1. The molecule has 2 atom stereocenters. The maximum absolute atomic E-state index is 6.24. The van der Waals surface area contributed by atoms with Crippen molar-refractivity contribution in [1.82, 2.24) is 0 Å². The van der Waals surface area contributed by atoms with Crippen LogP contribution in [0.3, 0.4) is 0 Å². The molecule has 0 bridgehead atoms.